The Hall–Kier alpha value is -3.01. The van der Waals surface area contributed by atoms with Crippen molar-refractivity contribution in [3.8, 4) is 5.75 Å². The SMILES string of the molecule is C[C@@H]1CN([C@@H](C)CO)C(=O)Cc2cc(NC(=O)NC3CCCCC3)ccc2O[C@H]1CN(C)C(=O)NC1CCCCC1. The number of hydrogen-bond donors (Lipinski definition) is 4. The first kappa shape index (κ1) is 30.9. The molecule has 1 aromatic rings. The zero-order valence-corrected chi connectivity index (χ0v) is 25.0. The summed E-state index contributed by atoms with van der Waals surface area (Å²) in [6.07, 6.45) is 10.7. The Kier molecular flexibility index (Phi) is 11.1. The lowest BCUT2D eigenvalue weighted by Gasteiger charge is -2.34. The number of carbonyl (C=O) groups is 3. The highest BCUT2D eigenvalue weighted by molar-refractivity contribution is 5.90. The molecule has 1 heterocycles. The van der Waals surface area contributed by atoms with Gasteiger partial charge in [0.15, 0.2) is 0 Å². The average molecular weight is 572 g/mol. The number of anilines is 1. The minimum absolute atomic E-state index is 0.0802. The van der Waals surface area contributed by atoms with Crippen LogP contribution >= 0.6 is 0 Å². The quantitative estimate of drug-likeness (QED) is 0.389. The van der Waals surface area contributed by atoms with Gasteiger partial charge in [-0.05, 0) is 50.8 Å². The van der Waals surface area contributed by atoms with Gasteiger partial charge in [-0.1, -0.05) is 45.4 Å². The lowest BCUT2D eigenvalue weighted by molar-refractivity contribution is -0.134. The summed E-state index contributed by atoms with van der Waals surface area (Å²) in [4.78, 5) is 42.6. The average Bonchev–Trinajstić information content (AvgIpc) is 3.01. The third-order valence-electron chi connectivity index (χ3n) is 8.85. The third-order valence-corrected chi connectivity index (χ3v) is 8.85. The molecule has 5 amide bonds. The zero-order chi connectivity index (χ0) is 29.4. The van der Waals surface area contributed by atoms with Crippen molar-refractivity contribution in [2.45, 2.75) is 109 Å². The number of amides is 5. The number of urea groups is 2. The van der Waals surface area contributed by atoms with Gasteiger partial charge in [0.05, 0.1) is 25.6 Å². The van der Waals surface area contributed by atoms with E-state index in [1.54, 1.807) is 35.0 Å². The van der Waals surface area contributed by atoms with Gasteiger partial charge < -0.3 is 35.6 Å². The number of aliphatic hydroxyl groups excluding tert-OH is 1. The lowest BCUT2D eigenvalue weighted by Crippen LogP contribution is -2.50. The fourth-order valence-corrected chi connectivity index (χ4v) is 6.21. The van der Waals surface area contributed by atoms with Crippen molar-refractivity contribution >= 4 is 23.7 Å². The van der Waals surface area contributed by atoms with Crippen LogP contribution in [0.1, 0.15) is 83.6 Å². The van der Waals surface area contributed by atoms with Crippen molar-refractivity contribution < 1.29 is 24.2 Å². The van der Waals surface area contributed by atoms with Crippen molar-refractivity contribution in [1.82, 2.24) is 20.4 Å². The molecule has 10 nitrogen and oxygen atoms in total. The Morgan fingerprint density at radius 1 is 1.05 bits per heavy atom. The number of likely N-dealkylation sites (N-methyl/N-ethyl adjacent to an activating group) is 1. The van der Waals surface area contributed by atoms with Gasteiger partial charge in [0.25, 0.3) is 0 Å². The largest absolute Gasteiger partial charge is 0.488 e. The van der Waals surface area contributed by atoms with Gasteiger partial charge in [0, 0.05) is 42.8 Å². The van der Waals surface area contributed by atoms with Gasteiger partial charge in [0.1, 0.15) is 11.9 Å². The normalized spacial score (nSPS) is 23.2. The Bertz CT molecular complexity index is 1040. The maximum atomic E-state index is 13.5. The molecule has 4 rings (SSSR count). The number of aliphatic hydroxyl groups is 1. The van der Waals surface area contributed by atoms with Crippen LogP contribution in [0.3, 0.4) is 0 Å². The molecule has 0 bridgehead atoms. The smallest absolute Gasteiger partial charge is 0.319 e. The van der Waals surface area contributed by atoms with Gasteiger partial charge in [-0.2, -0.15) is 0 Å². The monoisotopic (exact) mass is 571 g/mol. The number of ether oxygens (including phenoxy) is 1. The van der Waals surface area contributed by atoms with Crippen molar-refractivity contribution in [2.75, 3.05) is 32.1 Å². The van der Waals surface area contributed by atoms with Gasteiger partial charge in [0.2, 0.25) is 5.91 Å². The number of benzene rings is 1. The molecule has 0 aromatic heterocycles. The summed E-state index contributed by atoms with van der Waals surface area (Å²) in [6.45, 7) is 4.43. The number of nitrogens with zero attached hydrogens (tertiary/aromatic N) is 2. The first-order chi connectivity index (χ1) is 19.7. The van der Waals surface area contributed by atoms with Crippen molar-refractivity contribution in [3.63, 3.8) is 0 Å². The summed E-state index contributed by atoms with van der Waals surface area (Å²) in [6, 6.07) is 5.04. The van der Waals surface area contributed by atoms with Crippen LogP contribution in [-0.4, -0.2) is 83.8 Å². The molecule has 0 spiro atoms. The Labute approximate surface area is 244 Å². The van der Waals surface area contributed by atoms with E-state index in [-0.39, 0.29) is 61.1 Å². The van der Waals surface area contributed by atoms with E-state index in [1.807, 2.05) is 13.8 Å². The predicted octanol–water partition coefficient (Wildman–Crippen LogP) is 4.26. The van der Waals surface area contributed by atoms with Crippen LogP contribution in [0.4, 0.5) is 15.3 Å². The molecule has 1 aliphatic heterocycles. The summed E-state index contributed by atoms with van der Waals surface area (Å²) < 4.78 is 6.54. The summed E-state index contributed by atoms with van der Waals surface area (Å²) in [7, 11) is 1.78. The van der Waals surface area contributed by atoms with E-state index in [9.17, 15) is 19.5 Å². The van der Waals surface area contributed by atoms with Crippen LogP contribution in [0.2, 0.25) is 0 Å². The Balaban J connectivity index is 1.50. The van der Waals surface area contributed by atoms with E-state index in [2.05, 4.69) is 16.0 Å². The molecule has 2 aliphatic carbocycles. The fraction of sp³-hybridized carbons (Fsp3) is 0.710. The molecule has 3 aliphatic rings. The van der Waals surface area contributed by atoms with Crippen LogP contribution in [0.5, 0.6) is 5.75 Å². The summed E-state index contributed by atoms with van der Waals surface area (Å²) >= 11 is 0. The number of fused-ring (bicyclic) bond motifs is 1. The lowest BCUT2D eigenvalue weighted by atomic mass is 9.96. The second kappa shape index (κ2) is 14.8. The van der Waals surface area contributed by atoms with Crippen molar-refractivity contribution in [3.05, 3.63) is 23.8 Å². The topological polar surface area (TPSA) is 123 Å². The van der Waals surface area contributed by atoms with Crippen LogP contribution in [0.25, 0.3) is 0 Å². The Morgan fingerprint density at radius 3 is 2.32 bits per heavy atom. The number of hydrogen-bond acceptors (Lipinski definition) is 5. The molecule has 2 fully saturated rings. The minimum Gasteiger partial charge on any atom is -0.488 e. The molecule has 3 atom stereocenters. The van der Waals surface area contributed by atoms with Gasteiger partial charge in [-0.3, -0.25) is 4.79 Å². The van der Waals surface area contributed by atoms with Crippen molar-refractivity contribution in [2.24, 2.45) is 5.92 Å². The molecule has 4 N–H and O–H groups in total. The highest BCUT2D eigenvalue weighted by Crippen LogP contribution is 2.29. The highest BCUT2D eigenvalue weighted by atomic mass is 16.5. The molecule has 0 saturated heterocycles. The molecule has 0 radical (unpaired) electrons. The summed E-state index contributed by atoms with van der Waals surface area (Å²) in [5, 5.41) is 19.1. The molecule has 41 heavy (non-hydrogen) atoms. The summed E-state index contributed by atoms with van der Waals surface area (Å²) in [5.74, 6) is 0.340. The molecular weight excluding hydrogens is 522 g/mol. The van der Waals surface area contributed by atoms with Crippen LogP contribution in [-0.2, 0) is 11.2 Å². The Morgan fingerprint density at radius 2 is 1.68 bits per heavy atom. The molecule has 10 heteroatoms. The minimum atomic E-state index is -0.386. The van der Waals surface area contributed by atoms with E-state index in [0.29, 0.717) is 30.1 Å². The predicted molar refractivity (Wildman–Crippen MR) is 159 cm³/mol. The van der Waals surface area contributed by atoms with E-state index in [4.69, 9.17) is 4.74 Å². The first-order valence-electron chi connectivity index (χ1n) is 15.5. The standard InChI is InChI=1S/C31H49N5O5/c1-21-18-36(22(2)20-37)29(38)17-23-16-26(33-30(39)32-24-10-6-4-7-11-24)14-15-27(23)41-28(21)19-35(3)31(40)34-25-12-8-5-9-13-25/h14-16,21-22,24-25,28,37H,4-13,17-20H2,1-3H3,(H,34,40)(H2,32,33,39)/t21-,22+,28+/m1/s1. The van der Waals surface area contributed by atoms with E-state index >= 15 is 0 Å². The molecule has 1 aromatic carbocycles. The first-order valence-corrected chi connectivity index (χ1v) is 15.5. The van der Waals surface area contributed by atoms with Crippen LogP contribution in [0.15, 0.2) is 18.2 Å². The number of rotatable bonds is 7. The van der Waals surface area contributed by atoms with Gasteiger partial charge in [-0.15, -0.1) is 0 Å². The molecule has 0 unspecified atom stereocenters. The van der Waals surface area contributed by atoms with Gasteiger partial charge >= 0.3 is 12.1 Å². The zero-order valence-electron chi connectivity index (χ0n) is 25.0. The second-order valence-corrected chi connectivity index (χ2v) is 12.3. The highest BCUT2D eigenvalue weighted by Gasteiger charge is 2.32. The third kappa shape index (κ3) is 8.74. The maximum Gasteiger partial charge on any atom is 0.319 e. The summed E-state index contributed by atoms with van der Waals surface area (Å²) in [5.41, 5.74) is 1.25. The molecule has 228 valence electrons. The maximum absolute atomic E-state index is 13.5. The van der Waals surface area contributed by atoms with E-state index in [0.717, 1.165) is 51.4 Å². The fourth-order valence-electron chi connectivity index (χ4n) is 6.21. The van der Waals surface area contributed by atoms with E-state index < -0.39 is 0 Å². The molecule has 2 saturated carbocycles. The van der Waals surface area contributed by atoms with Gasteiger partial charge in [-0.25, -0.2) is 9.59 Å². The number of nitrogens with one attached hydrogen (secondary N) is 3. The van der Waals surface area contributed by atoms with Crippen LogP contribution < -0.4 is 20.7 Å². The van der Waals surface area contributed by atoms with E-state index in [1.165, 1.54) is 12.8 Å². The number of carbonyl (C=O) groups excluding carboxylic acids is 3. The van der Waals surface area contributed by atoms with Crippen molar-refractivity contribution in [1.29, 1.82) is 0 Å². The van der Waals surface area contributed by atoms with Crippen LogP contribution in [0, 0.1) is 5.92 Å². The molecular formula is C31H49N5O5. The second-order valence-electron chi connectivity index (χ2n) is 12.3.